The van der Waals surface area contributed by atoms with Crippen molar-refractivity contribution in [2.45, 2.75) is 6.42 Å². The molecule has 8 heteroatoms. The van der Waals surface area contributed by atoms with Gasteiger partial charge in [-0.2, -0.15) is 0 Å². The van der Waals surface area contributed by atoms with Crippen molar-refractivity contribution in [1.29, 1.82) is 0 Å². The second-order valence-electron chi connectivity index (χ2n) is 4.04. The van der Waals surface area contributed by atoms with E-state index in [4.69, 9.17) is 5.11 Å². The third-order valence-corrected chi connectivity index (χ3v) is 2.55. The third kappa shape index (κ3) is 3.96. The van der Waals surface area contributed by atoms with Crippen LogP contribution in [-0.4, -0.2) is 34.1 Å². The summed E-state index contributed by atoms with van der Waals surface area (Å²) in [5.41, 5.74) is 1.23. The third-order valence-electron chi connectivity index (χ3n) is 2.55. The molecule has 0 saturated carbocycles. The number of imidazole rings is 1. The molecule has 108 valence electrons. The number of hydrogen-bond acceptors (Lipinski definition) is 6. The standard InChI is InChI=1S/C13H12N4O4/c1-21-11(18)6-10-7-14-13(15-10)17-16-9-4-2-8(3-5-9)12(19)20/h2-5,7H,6H2,1H3,(H,14,15)(H,19,20). The van der Waals surface area contributed by atoms with Crippen LogP contribution in [0.4, 0.5) is 11.6 Å². The monoisotopic (exact) mass is 288 g/mol. The molecule has 0 fully saturated rings. The van der Waals surface area contributed by atoms with Crippen molar-refractivity contribution in [3.63, 3.8) is 0 Å². The number of nitrogens with one attached hydrogen (secondary N) is 1. The lowest BCUT2D eigenvalue weighted by Crippen LogP contribution is -2.04. The van der Waals surface area contributed by atoms with Crippen molar-refractivity contribution in [1.82, 2.24) is 9.97 Å². The van der Waals surface area contributed by atoms with Gasteiger partial charge < -0.3 is 14.8 Å². The van der Waals surface area contributed by atoms with Crippen molar-refractivity contribution < 1.29 is 19.4 Å². The van der Waals surface area contributed by atoms with Gasteiger partial charge in [0.05, 0.1) is 31.0 Å². The van der Waals surface area contributed by atoms with Crippen molar-refractivity contribution in [2.24, 2.45) is 10.2 Å². The van der Waals surface area contributed by atoms with Gasteiger partial charge in [0.15, 0.2) is 0 Å². The summed E-state index contributed by atoms with van der Waals surface area (Å²) >= 11 is 0. The lowest BCUT2D eigenvalue weighted by Gasteiger charge is -1.95. The van der Waals surface area contributed by atoms with Gasteiger partial charge in [0.1, 0.15) is 0 Å². The molecule has 0 aliphatic carbocycles. The van der Waals surface area contributed by atoms with Crippen LogP contribution in [0.5, 0.6) is 0 Å². The van der Waals surface area contributed by atoms with Gasteiger partial charge in [0.2, 0.25) is 5.95 Å². The van der Waals surface area contributed by atoms with Crippen LogP contribution in [0.2, 0.25) is 0 Å². The highest BCUT2D eigenvalue weighted by molar-refractivity contribution is 5.87. The summed E-state index contributed by atoms with van der Waals surface area (Å²) in [5.74, 6) is -1.14. The van der Waals surface area contributed by atoms with E-state index in [1.54, 1.807) is 0 Å². The summed E-state index contributed by atoms with van der Waals surface area (Å²) in [5, 5.41) is 16.5. The second-order valence-corrected chi connectivity index (χ2v) is 4.04. The molecule has 0 aliphatic heterocycles. The summed E-state index contributed by atoms with van der Waals surface area (Å²) in [6.07, 6.45) is 1.55. The molecule has 0 radical (unpaired) electrons. The van der Waals surface area contributed by atoms with Crippen LogP contribution in [0.15, 0.2) is 40.7 Å². The summed E-state index contributed by atoms with van der Waals surface area (Å²) in [6.45, 7) is 0. The molecule has 1 aromatic carbocycles. The normalized spacial score (nSPS) is 10.7. The molecule has 0 bridgehead atoms. The summed E-state index contributed by atoms with van der Waals surface area (Å²) < 4.78 is 4.53. The first-order valence-corrected chi connectivity index (χ1v) is 5.94. The van der Waals surface area contributed by atoms with Crippen LogP contribution < -0.4 is 0 Å². The first-order chi connectivity index (χ1) is 10.1. The maximum absolute atomic E-state index is 11.1. The SMILES string of the molecule is COC(=O)Cc1cnc(N=Nc2ccc(C(=O)O)cc2)[nH]1. The maximum Gasteiger partial charge on any atom is 0.335 e. The molecule has 21 heavy (non-hydrogen) atoms. The molecule has 0 spiro atoms. The fourth-order valence-corrected chi connectivity index (χ4v) is 1.49. The van der Waals surface area contributed by atoms with Gasteiger partial charge in [-0.05, 0) is 24.3 Å². The number of aromatic nitrogens is 2. The van der Waals surface area contributed by atoms with Gasteiger partial charge in [0.25, 0.3) is 0 Å². The second kappa shape index (κ2) is 6.42. The van der Waals surface area contributed by atoms with E-state index in [9.17, 15) is 9.59 Å². The number of esters is 1. The molecule has 8 nitrogen and oxygen atoms in total. The molecule has 2 rings (SSSR count). The summed E-state index contributed by atoms with van der Waals surface area (Å²) in [4.78, 5) is 28.5. The quantitative estimate of drug-likeness (QED) is 0.646. The predicted octanol–water partition coefficient (Wildman–Crippen LogP) is 2.24. The van der Waals surface area contributed by atoms with E-state index in [-0.39, 0.29) is 23.9 Å². The Morgan fingerprint density at radius 1 is 1.29 bits per heavy atom. The van der Waals surface area contributed by atoms with E-state index in [1.165, 1.54) is 37.6 Å². The van der Waals surface area contributed by atoms with Gasteiger partial charge in [0, 0.05) is 5.69 Å². The van der Waals surface area contributed by atoms with E-state index >= 15 is 0 Å². The largest absolute Gasteiger partial charge is 0.478 e. The number of benzene rings is 1. The van der Waals surface area contributed by atoms with E-state index in [0.717, 1.165) is 0 Å². The number of ether oxygens (including phenoxy) is 1. The first kappa shape index (κ1) is 14.4. The Morgan fingerprint density at radius 3 is 2.62 bits per heavy atom. The molecule has 2 aromatic rings. The number of nitrogens with zero attached hydrogens (tertiary/aromatic N) is 3. The number of aromatic amines is 1. The molecular weight excluding hydrogens is 276 g/mol. The molecule has 1 aromatic heterocycles. The number of carboxylic acids is 1. The predicted molar refractivity (Wildman–Crippen MR) is 71.9 cm³/mol. The Hall–Kier alpha value is -3.03. The van der Waals surface area contributed by atoms with E-state index in [2.05, 4.69) is 24.9 Å². The average Bonchev–Trinajstić information content (AvgIpc) is 2.93. The number of methoxy groups -OCH3 is 1. The van der Waals surface area contributed by atoms with Crippen LogP contribution in [0.1, 0.15) is 16.1 Å². The highest BCUT2D eigenvalue weighted by atomic mass is 16.5. The smallest absolute Gasteiger partial charge is 0.335 e. The number of azo groups is 1. The van der Waals surface area contributed by atoms with Crippen LogP contribution in [0.3, 0.4) is 0 Å². The Labute approximate surface area is 119 Å². The number of carbonyl (C=O) groups excluding carboxylic acids is 1. The minimum Gasteiger partial charge on any atom is -0.478 e. The van der Waals surface area contributed by atoms with Crippen molar-refractivity contribution >= 4 is 23.6 Å². The van der Waals surface area contributed by atoms with Crippen LogP contribution in [0.25, 0.3) is 0 Å². The maximum atomic E-state index is 11.1. The Bertz CT molecular complexity index is 676. The number of hydrogen-bond donors (Lipinski definition) is 2. The summed E-state index contributed by atoms with van der Waals surface area (Å²) in [7, 11) is 1.31. The fourth-order valence-electron chi connectivity index (χ4n) is 1.49. The summed E-state index contributed by atoms with van der Waals surface area (Å²) in [6, 6.07) is 5.93. The molecule has 0 saturated heterocycles. The van der Waals surface area contributed by atoms with Crippen LogP contribution in [0, 0.1) is 0 Å². The highest BCUT2D eigenvalue weighted by Crippen LogP contribution is 2.16. The number of aromatic carboxylic acids is 1. The van der Waals surface area contributed by atoms with Gasteiger partial charge in [-0.1, -0.05) is 0 Å². The zero-order valence-corrected chi connectivity index (χ0v) is 11.1. The van der Waals surface area contributed by atoms with Crippen molar-refractivity contribution in [3.05, 3.63) is 41.7 Å². The molecule has 1 heterocycles. The minimum atomic E-state index is -1.00. The van der Waals surface area contributed by atoms with Crippen molar-refractivity contribution in [2.75, 3.05) is 7.11 Å². The van der Waals surface area contributed by atoms with Gasteiger partial charge in [-0.3, -0.25) is 4.79 Å². The van der Waals surface area contributed by atoms with Crippen molar-refractivity contribution in [3.8, 4) is 0 Å². The van der Waals surface area contributed by atoms with Gasteiger partial charge in [-0.25, -0.2) is 9.78 Å². The first-order valence-electron chi connectivity index (χ1n) is 5.94. The minimum absolute atomic E-state index is 0.0757. The highest BCUT2D eigenvalue weighted by Gasteiger charge is 2.06. The van der Waals surface area contributed by atoms with Gasteiger partial charge in [-0.15, -0.1) is 10.2 Å². The van der Waals surface area contributed by atoms with Gasteiger partial charge >= 0.3 is 11.9 Å². The molecular formula is C13H12N4O4. The number of carboxylic acid groups (broad SMARTS) is 1. The van der Waals surface area contributed by atoms with E-state index in [0.29, 0.717) is 11.4 Å². The zero-order valence-electron chi connectivity index (χ0n) is 11.1. The average molecular weight is 288 g/mol. The topological polar surface area (TPSA) is 117 Å². The van der Waals surface area contributed by atoms with Crippen LogP contribution in [-0.2, 0) is 16.0 Å². The zero-order chi connectivity index (χ0) is 15.2. The molecule has 2 N–H and O–H groups in total. The molecule has 0 amide bonds. The molecule has 0 aliphatic rings. The Morgan fingerprint density at radius 2 is 2.00 bits per heavy atom. The van der Waals surface area contributed by atoms with E-state index in [1.807, 2.05) is 0 Å². The molecule has 0 atom stereocenters. The van der Waals surface area contributed by atoms with E-state index < -0.39 is 5.97 Å². The Balaban J connectivity index is 2.03. The lowest BCUT2D eigenvalue weighted by atomic mass is 10.2. The Kier molecular flexibility index (Phi) is 4.39. The number of carbonyl (C=O) groups is 2. The lowest BCUT2D eigenvalue weighted by molar-refractivity contribution is -0.139. The fraction of sp³-hybridized carbons (Fsp3) is 0.154. The molecule has 0 unspecified atom stereocenters. The number of rotatable bonds is 5. The van der Waals surface area contributed by atoms with Crippen LogP contribution >= 0.6 is 0 Å². The number of H-pyrrole nitrogens is 1.